The van der Waals surface area contributed by atoms with Crippen LogP contribution in [0.15, 0.2) is 54.6 Å². The molecule has 0 saturated heterocycles. The predicted octanol–water partition coefficient (Wildman–Crippen LogP) is 2.39. The number of aliphatic hydroxyl groups is 1. The Balaban J connectivity index is 2.10. The molecule has 1 aliphatic carbocycles. The first kappa shape index (κ1) is 11.5. The molecule has 0 heterocycles. The van der Waals surface area contributed by atoms with Crippen molar-refractivity contribution in [3.63, 3.8) is 0 Å². The van der Waals surface area contributed by atoms with E-state index in [0.29, 0.717) is 6.42 Å². The number of benzene rings is 2. The van der Waals surface area contributed by atoms with E-state index in [1.54, 1.807) is 0 Å². The van der Waals surface area contributed by atoms with Gasteiger partial charge in [-0.05, 0) is 23.7 Å². The summed E-state index contributed by atoms with van der Waals surface area (Å²) < 4.78 is 0. The van der Waals surface area contributed by atoms with Crippen LogP contribution < -0.4 is 5.32 Å². The van der Waals surface area contributed by atoms with Crippen molar-refractivity contribution in [2.75, 3.05) is 7.05 Å². The highest BCUT2D eigenvalue weighted by Gasteiger charge is 2.44. The van der Waals surface area contributed by atoms with Gasteiger partial charge in [0.1, 0.15) is 5.60 Å². The normalized spacial score (nSPS) is 26.0. The van der Waals surface area contributed by atoms with Crippen LogP contribution in [0.5, 0.6) is 0 Å². The lowest BCUT2D eigenvalue weighted by atomic mass is 9.87. The molecule has 2 nitrogen and oxygen atoms in total. The zero-order valence-electron chi connectivity index (χ0n) is 10.4. The molecule has 2 aromatic carbocycles. The Morgan fingerprint density at radius 1 is 1.06 bits per heavy atom. The second-order valence-corrected chi connectivity index (χ2v) is 4.89. The monoisotopic (exact) mass is 239 g/mol. The first-order chi connectivity index (χ1) is 8.75. The van der Waals surface area contributed by atoms with E-state index in [2.05, 4.69) is 17.4 Å². The van der Waals surface area contributed by atoms with Crippen molar-refractivity contribution in [2.45, 2.75) is 18.1 Å². The highest BCUT2D eigenvalue weighted by molar-refractivity contribution is 5.43. The summed E-state index contributed by atoms with van der Waals surface area (Å²) in [5.41, 5.74) is 2.55. The van der Waals surface area contributed by atoms with Gasteiger partial charge in [-0.2, -0.15) is 0 Å². The molecule has 1 aliphatic rings. The predicted molar refractivity (Wildman–Crippen MR) is 72.3 cm³/mol. The van der Waals surface area contributed by atoms with Gasteiger partial charge in [-0.25, -0.2) is 0 Å². The van der Waals surface area contributed by atoms with E-state index in [4.69, 9.17) is 0 Å². The number of rotatable bonds is 2. The summed E-state index contributed by atoms with van der Waals surface area (Å²) in [6.45, 7) is 0. The van der Waals surface area contributed by atoms with Crippen molar-refractivity contribution in [2.24, 2.45) is 0 Å². The molecule has 2 atom stereocenters. The molecule has 0 saturated carbocycles. The molecule has 0 fully saturated rings. The Hall–Kier alpha value is -1.64. The molecule has 0 unspecified atom stereocenters. The van der Waals surface area contributed by atoms with Crippen LogP contribution in [-0.2, 0) is 12.0 Å². The molecule has 2 heteroatoms. The Labute approximate surface area is 107 Å². The lowest BCUT2D eigenvalue weighted by molar-refractivity contribution is 0.0107. The van der Waals surface area contributed by atoms with E-state index in [9.17, 15) is 5.11 Å². The second kappa shape index (κ2) is 4.23. The van der Waals surface area contributed by atoms with Gasteiger partial charge in [-0.1, -0.05) is 54.6 Å². The topological polar surface area (TPSA) is 32.3 Å². The molecule has 3 rings (SSSR count). The molecule has 0 spiro atoms. The summed E-state index contributed by atoms with van der Waals surface area (Å²) in [6, 6.07) is 18.1. The van der Waals surface area contributed by atoms with Gasteiger partial charge in [-0.15, -0.1) is 0 Å². The summed E-state index contributed by atoms with van der Waals surface area (Å²) in [6.07, 6.45) is 0.665. The average Bonchev–Trinajstić information content (AvgIpc) is 2.72. The van der Waals surface area contributed by atoms with Crippen molar-refractivity contribution >= 4 is 0 Å². The Morgan fingerprint density at radius 2 is 1.72 bits per heavy atom. The largest absolute Gasteiger partial charge is 0.383 e. The van der Waals surface area contributed by atoms with Gasteiger partial charge in [0.2, 0.25) is 0 Å². The molecule has 2 aromatic rings. The summed E-state index contributed by atoms with van der Waals surface area (Å²) in [5.74, 6) is 0. The number of hydrogen-bond acceptors (Lipinski definition) is 2. The van der Waals surface area contributed by atoms with Gasteiger partial charge < -0.3 is 10.4 Å². The second-order valence-electron chi connectivity index (χ2n) is 4.89. The minimum Gasteiger partial charge on any atom is -0.383 e. The molecule has 2 N–H and O–H groups in total. The molecule has 0 amide bonds. The van der Waals surface area contributed by atoms with Crippen LogP contribution in [0, 0.1) is 0 Å². The molecule has 0 aliphatic heterocycles. The van der Waals surface area contributed by atoms with Crippen molar-refractivity contribution < 1.29 is 5.11 Å². The number of nitrogens with one attached hydrogen (secondary N) is 1. The number of hydrogen-bond donors (Lipinski definition) is 2. The Bertz CT molecular complexity index is 552. The van der Waals surface area contributed by atoms with Crippen molar-refractivity contribution in [3.8, 4) is 0 Å². The molecule has 0 bridgehead atoms. The van der Waals surface area contributed by atoms with Crippen LogP contribution in [-0.4, -0.2) is 12.2 Å². The van der Waals surface area contributed by atoms with E-state index >= 15 is 0 Å². The highest BCUT2D eigenvalue weighted by Crippen LogP contribution is 2.45. The third-order valence-electron chi connectivity index (χ3n) is 3.87. The third kappa shape index (κ3) is 1.57. The van der Waals surface area contributed by atoms with E-state index in [1.807, 2.05) is 49.5 Å². The standard InChI is InChI=1S/C16H17NO/c1-17-15-14-10-6-5-7-12(14)11-16(15,18)13-8-3-2-4-9-13/h2-10,15,17-18H,11H2,1H3/t15-,16-/m1/s1. The van der Waals surface area contributed by atoms with Crippen LogP contribution in [0.2, 0.25) is 0 Å². The van der Waals surface area contributed by atoms with Crippen LogP contribution >= 0.6 is 0 Å². The lowest BCUT2D eigenvalue weighted by Crippen LogP contribution is -2.37. The van der Waals surface area contributed by atoms with Gasteiger partial charge in [-0.3, -0.25) is 0 Å². The summed E-state index contributed by atoms with van der Waals surface area (Å²) in [4.78, 5) is 0. The maximum absolute atomic E-state index is 11.1. The quantitative estimate of drug-likeness (QED) is 0.843. The van der Waals surface area contributed by atoms with Gasteiger partial charge in [0.15, 0.2) is 0 Å². The zero-order valence-corrected chi connectivity index (χ0v) is 10.4. The molecule has 0 aromatic heterocycles. The van der Waals surface area contributed by atoms with E-state index in [0.717, 1.165) is 5.56 Å². The Morgan fingerprint density at radius 3 is 2.44 bits per heavy atom. The molecular formula is C16H17NO. The summed E-state index contributed by atoms with van der Waals surface area (Å²) >= 11 is 0. The maximum atomic E-state index is 11.1. The third-order valence-corrected chi connectivity index (χ3v) is 3.87. The fourth-order valence-electron chi connectivity index (χ4n) is 3.02. The fraction of sp³-hybridized carbons (Fsp3) is 0.250. The molecule has 18 heavy (non-hydrogen) atoms. The van der Waals surface area contributed by atoms with Crippen molar-refractivity contribution in [1.29, 1.82) is 0 Å². The smallest absolute Gasteiger partial charge is 0.113 e. The fourth-order valence-corrected chi connectivity index (χ4v) is 3.02. The van der Waals surface area contributed by atoms with Crippen molar-refractivity contribution in [1.82, 2.24) is 5.32 Å². The van der Waals surface area contributed by atoms with Crippen LogP contribution in [0.25, 0.3) is 0 Å². The molecule has 0 radical (unpaired) electrons. The average molecular weight is 239 g/mol. The van der Waals surface area contributed by atoms with E-state index in [1.165, 1.54) is 11.1 Å². The highest BCUT2D eigenvalue weighted by atomic mass is 16.3. The lowest BCUT2D eigenvalue weighted by Gasteiger charge is -2.30. The van der Waals surface area contributed by atoms with E-state index in [-0.39, 0.29) is 6.04 Å². The van der Waals surface area contributed by atoms with Gasteiger partial charge in [0, 0.05) is 6.42 Å². The van der Waals surface area contributed by atoms with Crippen LogP contribution in [0.1, 0.15) is 22.7 Å². The SMILES string of the molecule is CN[C@@H]1c2ccccc2C[C@@]1(O)c1ccccc1. The van der Waals surface area contributed by atoms with E-state index < -0.39 is 5.60 Å². The zero-order chi connectivity index (χ0) is 12.6. The first-order valence-corrected chi connectivity index (χ1v) is 6.28. The molecule has 92 valence electrons. The number of likely N-dealkylation sites (N-methyl/N-ethyl adjacent to an activating group) is 1. The van der Waals surface area contributed by atoms with Crippen molar-refractivity contribution in [3.05, 3.63) is 71.3 Å². The Kier molecular flexibility index (Phi) is 2.69. The van der Waals surface area contributed by atoms with Gasteiger partial charge in [0.05, 0.1) is 6.04 Å². The summed E-state index contributed by atoms with van der Waals surface area (Å²) in [7, 11) is 1.90. The number of fused-ring (bicyclic) bond motifs is 1. The maximum Gasteiger partial charge on any atom is 0.113 e. The molecular weight excluding hydrogens is 222 g/mol. The minimum atomic E-state index is -0.848. The van der Waals surface area contributed by atoms with Gasteiger partial charge >= 0.3 is 0 Å². The van der Waals surface area contributed by atoms with Gasteiger partial charge in [0.25, 0.3) is 0 Å². The van der Waals surface area contributed by atoms with Crippen LogP contribution in [0.3, 0.4) is 0 Å². The minimum absolute atomic E-state index is 0.0453. The first-order valence-electron chi connectivity index (χ1n) is 6.28. The summed E-state index contributed by atoms with van der Waals surface area (Å²) in [5, 5.41) is 14.3. The van der Waals surface area contributed by atoms with Crippen LogP contribution in [0.4, 0.5) is 0 Å².